The number of hydrogen-bond donors (Lipinski definition) is 2. The number of hydrogen-bond acceptors (Lipinski definition) is 4. The average Bonchev–Trinajstić information content (AvgIpc) is 3.11. The molecule has 0 radical (unpaired) electrons. The van der Waals surface area contributed by atoms with Crippen molar-refractivity contribution < 1.29 is 9.59 Å². The molecule has 0 aliphatic heterocycles. The van der Waals surface area contributed by atoms with E-state index in [4.69, 9.17) is 11.6 Å². The zero-order valence-corrected chi connectivity index (χ0v) is 18.2. The Kier molecular flexibility index (Phi) is 5.49. The van der Waals surface area contributed by atoms with Crippen LogP contribution in [0, 0.1) is 17.3 Å². The van der Waals surface area contributed by atoms with Gasteiger partial charge in [-0.1, -0.05) is 6.07 Å². The fourth-order valence-electron chi connectivity index (χ4n) is 6.06. The first kappa shape index (κ1) is 20.2. The lowest BCUT2D eigenvalue weighted by Gasteiger charge is -2.59. The Bertz CT molecular complexity index is 722. The molecule has 4 fully saturated rings. The Labute approximate surface area is 176 Å². The van der Waals surface area contributed by atoms with Gasteiger partial charge < -0.3 is 15.5 Å². The number of nitrogens with one attached hydrogen (secondary N) is 2. The summed E-state index contributed by atoms with van der Waals surface area (Å²) in [5.41, 5.74) is -0.352. The van der Waals surface area contributed by atoms with Crippen molar-refractivity contribution in [2.24, 2.45) is 17.3 Å². The van der Waals surface area contributed by atoms with Crippen LogP contribution >= 0.6 is 22.9 Å². The molecule has 4 aliphatic rings. The van der Waals surface area contributed by atoms with Crippen LogP contribution < -0.4 is 10.6 Å². The summed E-state index contributed by atoms with van der Waals surface area (Å²) in [6.45, 7) is 0.568. The maximum absolute atomic E-state index is 13.0. The summed E-state index contributed by atoms with van der Waals surface area (Å²) in [6, 6.07) is 4.24. The van der Waals surface area contributed by atoms with Crippen molar-refractivity contribution in [2.75, 3.05) is 27.2 Å². The van der Waals surface area contributed by atoms with Gasteiger partial charge in [0.05, 0.1) is 18.0 Å². The minimum Gasteiger partial charge on any atom is -0.353 e. The van der Waals surface area contributed by atoms with Gasteiger partial charge in [-0.05, 0) is 75.9 Å². The molecule has 2 N–H and O–H groups in total. The van der Waals surface area contributed by atoms with Crippen LogP contribution in [0.1, 0.15) is 49.4 Å². The van der Waals surface area contributed by atoms with Crippen LogP contribution in [-0.2, 0) is 9.59 Å². The Hall–Kier alpha value is -1.11. The van der Waals surface area contributed by atoms with Crippen molar-refractivity contribution in [1.82, 2.24) is 15.5 Å². The van der Waals surface area contributed by atoms with E-state index in [-0.39, 0.29) is 34.7 Å². The van der Waals surface area contributed by atoms with Gasteiger partial charge in [-0.15, -0.1) is 22.9 Å². The molecule has 7 heteroatoms. The molecule has 0 saturated heterocycles. The van der Waals surface area contributed by atoms with Crippen molar-refractivity contribution in [3.8, 4) is 0 Å². The van der Waals surface area contributed by atoms with Gasteiger partial charge in [0.25, 0.3) is 0 Å². The summed E-state index contributed by atoms with van der Waals surface area (Å²) in [5, 5.41) is 7.94. The van der Waals surface area contributed by atoms with Crippen LogP contribution in [0.3, 0.4) is 0 Å². The number of nitrogens with zero attached hydrogens (tertiary/aromatic N) is 1. The topological polar surface area (TPSA) is 61.4 Å². The zero-order valence-electron chi connectivity index (χ0n) is 16.7. The SMILES string of the molecule is CN(C)C(CNC(=O)CNC(=O)C12CC3CC(CC(Cl)(C3)C1)C2)c1cccs1. The van der Waals surface area contributed by atoms with Gasteiger partial charge in [-0.25, -0.2) is 0 Å². The minimum atomic E-state index is -0.352. The van der Waals surface area contributed by atoms with Crippen LogP contribution in [0.15, 0.2) is 17.5 Å². The van der Waals surface area contributed by atoms with Crippen LogP contribution in [-0.4, -0.2) is 48.8 Å². The van der Waals surface area contributed by atoms with Gasteiger partial charge in [-0.3, -0.25) is 9.59 Å². The lowest BCUT2D eigenvalue weighted by Crippen LogP contribution is -2.59. The lowest BCUT2D eigenvalue weighted by molar-refractivity contribution is -0.145. The number of carbonyl (C=O) groups is 2. The van der Waals surface area contributed by atoms with E-state index in [1.54, 1.807) is 11.3 Å². The van der Waals surface area contributed by atoms with Gasteiger partial charge in [-0.2, -0.15) is 0 Å². The Balaban J connectivity index is 1.30. The van der Waals surface area contributed by atoms with E-state index in [0.717, 1.165) is 32.1 Å². The molecule has 4 aliphatic carbocycles. The molecule has 3 atom stereocenters. The predicted octanol–water partition coefficient (Wildman–Crippen LogP) is 3.16. The highest BCUT2D eigenvalue weighted by molar-refractivity contribution is 7.10. The number of rotatable bonds is 7. The van der Waals surface area contributed by atoms with E-state index >= 15 is 0 Å². The summed E-state index contributed by atoms with van der Waals surface area (Å²) < 4.78 is 0. The third-order valence-electron chi connectivity index (χ3n) is 6.87. The van der Waals surface area contributed by atoms with E-state index < -0.39 is 0 Å². The largest absolute Gasteiger partial charge is 0.353 e. The number of amides is 2. The van der Waals surface area contributed by atoms with Crippen molar-refractivity contribution in [3.63, 3.8) is 0 Å². The van der Waals surface area contributed by atoms with Crippen molar-refractivity contribution in [1.29, 1.82) is 0 Å². The van der Waals surface area contributed by atoms with Crippen LogP contribution in [0.2, 0.25) is 0 Å². The monoisotopic (exact) mass is 423 g/mol. The first-order valence-corrected chi connectivity index (χ1v) is 11.5. The van der Waals surface area contributed by atoms with E-state index in [0.29, 0.717) is 18.4 Å². The zero-order chi connectivity index (χ0) is 19.9. The molecule has 28 heavy (non-hydrogen) atoms. The van der Waals surface area contributed by atoms with Crippen LogP contribution in [0.4, 0.5) is 0 Å². The molecular weight excluding hydrogens is 394 g/mol. The average molecular weight is 424 g/mol. The first-order valence-electron chi connectivity index (χ1n) is 10.2. The second-order valence-electron chi connectivity index (χ2n) is 9.37. The molecule has 5 rings (SSSR count). The molecule has 0 spiro atoms. The van der Waals surface area contributed by atoms with E-state index in [1.165, 1.54) is 11.3 Å². The van der Waals surface area contributed by atoms with E-state index in [2.05, 4.69) is 21.6 Å². The summed E-state index contributed by atoms with van der Waals surface area (Å²) >= 11 is 8.51. The Morgan fingerprint density at radius 2 is 1.96 bits per heavy atom. The van der Waals surface area contributed by atoms with Gasteiger partial charge in [0, 0.05) is 16.3 Å². The second-order valence-corrected chi connectivity index (χ2v) is 11.2. The fraction of sp³-hybridized carbons (Fsp3) is 0.714. The van der Waals surface area contributed by atoms with Crippen molar-refractivity contribution >= 4 is 34.8 Å². The third-order valence-corrected chi connectivity index (χ3v) is 8.28. The van der Waals surface area contributed by atoms with Gasteiger partial charge in [0.1, 0.15) is 0 Å². The summed E-state index contributed by atoms with van der Waals surface area (Å²) in [6.07, 6.45) is 5.96. The number of halogens is 1. The van der Waals surface area contributed by atoms with Gasteiger partial charge >= 0.3 is 0 Å². The van der Waals surface area contributed by atoms with Gasteiger partial charge in [0.2, 0.25) is 11.8 Å². The molecular formula is C21H30ClN3O2S. The summed E-state index contributed by atoms with van der Waals surface area (Å²) in [4.78, 5) is 28.5. The third kappa shape index (κ3) is 3.96. The molecule has 154 valence electrons. The number of likely N-dealkylation sites (N-methyl/N-ethyl adjacent to an activating group) is 1. The number of carbonyl (C=O) groups excluding carboxylic acids is 2. The molecule has 1 aromatic rings. The highest BCUT2D eigenvalue weighted by Crippen LogP contribution is 2.63. The molecule has 4 bridgehead atoms. The summed E-state index contributed by atoms with van der Waals surface area (Å²) in [5.74, 6) is 1.04. The normalized spacial score (nSPS) is 34.4. The van der Waals surface area contributed by atoms with E-state index in [9.17, 15) is 9.59 Å². The molecule has 0 aromatic carbocycles. The van der Waals surface area contributed by atoms with Crippen molar-refractivity contribution in [3.05, 3.63) is 22.4 Å². The van der Waals surface area contributed by atoms with Crippen molar-refractivity contribution in [2.45, 2.75) is 49.4 Å². The second kappa shape index (κ2) is 7.62. The molecule has 2 amide bonds. The molecule has 5 nitrogen and oxygen atoms in total. The Morgan fingerprint density at radius 1 is 1.25 bits per heavy atom. The highest BCUT2D eigenvalue weighted by Gasteiger charge is 2.60. The van der Waals surface area contributed by atoms with Crippen LogP contribution in [0.5, 0.6) is 0 Å². The maximum Gasteiger partial charge on any atom is 0.239 e. The molecule has 1 aromatic heterocycles. The first-order chi connectivity index (χ1) is 13.3. The molecule has 1 heterocycles. The quantitative estimate of drug-likeness (QED) is 0.662. The lowest BCUT2D eigenvalue weighted by atomic mass is 9.49. The summed E-state index contributed by atoms with van der Waals surface area (Å²) in [7, 11) is 4.01. The standard InChI is InChI=1S/C21H30ClN3O2S/c1-25(2)16(17-4-3-5-28-17)11-23-18(26)12-24-19(27)20-7-14-6-15(8-20)10-21(22,9-14)13-20/h3-5,14-16H,6-13H2,1-2H3,(H,23,26)(H,24,27). The predicted molar refractivity (Wildman–Crippen MR) is 112 cm³/mol. The maximum atomic E-state index is 13.0. The smallest absolute Gasteiger partial charge is 0.239 e. The number of alkyl halides is 1. The Morgan fingerprint density at radius 3 is 2.54 bits per heavy atom. The fourth-order valence-corrected chi connectivity index (χ4v) is 7.67. The van der Waals surface area contributed by atoms with E-state index in [1.807, 2.05) is 25.5 Å². The minimum absolute atomic E-state index is 0.0317. The molecule has 3 unspecified atom stereocenters. The van der Waals surface area contributed by atoms with Crippen LogP contribution in [0.25, 0.3) is 0 Å². The van der Waals surface area contributed by atoms with Gasteiger partial charge in [0.15, 0.2) is 0 Å². The highest BCUT2D eigenvalue weighted by atomic mass is 35.5. The number of thiophene rings is 1. The molecule has 4 saturated carbocycles.